The van der Waals surface area contributed by atoms with Crippen molar-refractivity contribution in [2.24, 2.45) is 0 Å². The van der Waals surface area contributed by atoms with Crippen molar-refractivity contribution in [3.63, 3.8) is 0 Å². The van der Waals surface area contributed by atoms with Crippen molar-refractivity contribution >= 4 is 39.5 Å². The quantitative estimate of drug-likeness (QED) is 0.523. The van der Waals surface area contributed by atoms with Crippen molar-refractivity contribution in [2.45, 2.75) is 6.92 Å². The molecule has 0 heterocycles. The zero-order valence-electron chi connectivity index (χ0n) is 12.7. The van der Waals surface area contributed by atoms with Crippen LogP contribution in [0.15, 0.2) is 66.7 Å². The fourth-order valence-corrected chi connectivity index (χ4v) is 4.98. The summed E-state index contributed by atoms with van der Waals surface area (Å²) < 4.78 is 19.5. The van der Waals surface area contributed by atoms with Crippen LogP contribution in [-0.4, -0.2) is 26.4 Å². The van der Waals surface area contributed by atoms with Crippen LogP contribution < -0.4 is 8.92 Å². The third kappa shape index (κ3) is 3.24. The van der Waals surface area contributed by atoms with Gasteiger partial charge in [0.15, 0.2) is 0 Å². The fraction of sp³-hybridized carbons (Fsp3) is 0.105. The first kappa shape index (κ1) is 15.6. The molecule has 1 unspecified atom stereocenters. The molecule has 116 valence electrons. The molecule has 0 fully saturated rings. The van der Waals surface area contributed by atoms with E-state index in [-0.39, 0.29) is 5.97 Å². The van der Waals surface area contributed by atoms with E-state index in [1.807, 2.05) is 42.5 Å². The zero-order valence-corrected chi connectivity index (χ0v) is 14.4. The van der Waals surface area contributed by atoms with Crippen molar-refractivity contribution in [3.8, 4) is 0 Å². The summed E-state index contributed by atoms with van der Waals surface area (Å²) >= 11 is -2.38. The summed E-state index contributed by atoms with van der Waals surface area (Å²) in [6.07, 6.45) is 0. The topological polar surface area (TPSA) is 43.4 Å². The van der Waals surface area contributed by atoms with Crippen molar-refractivity contribution < 1.29 is 13.4 Å². The van der Waals surface area contributed by atoms with E-state index in [4.69, 9.17) is 4.74 Å². The van der Waals surface area contributed by atoms with Crippen LogP contribution in [0.2, 0.25) is 0 Å². The van der Waals surface area contributed by atoms with Crippen LogP contribution in [0.1, 0.15) is 17.3 Å². The predicted octanol–water partition coefficient (Wildman–Crippen LogP) is 2.55. The molecule has 0 bridgehead atoms. The van der Waals surface area contributed by atoms with Crippen LogP contribution in [0.25, 0.3) is 10.8 Å². The molecule has 0 aliphatic rings. The number of ether oxygens (including phenoxy) is 1. The number of hydrogen-bond acceptors (Lipinski definition) is 3. The molecule has 3 nitrogen and oxygen atoms in total. The molecular formula is C19H16O3Se. The number of benzene rings is 3. The van der Waals surface area contributed by atoms with Gasteiger partial charge in [-0.1, -0.05) is 0 Å². The number of esters is 1. The molecule has 0 N–H and O–H groups in total. The molecule has 0 radical (unpaired) electrons. The average Bonchev–Trinajstić information content (AvgIpc) is 2.61. The van der Waals surface area contributed by atoms with E-state index in [0.29, 0.717) is 12.2 Å². The second kappa shape index (κ2) is 6.86. The number of hydrogen-bond donors (Lipinski definition) is 0. The first-order chi connectivity index (χ1) is 11.2. The van der Waals surface area contributed by atoms with Gasteiger partial charge in [-0.25, -0.2) is 0 Å². The summed E-state index contributed by atoms with van der Waals surface area (Å²) in [5.74, 6) is -0.355. The summed E-state index contributed by atoms with van der Waals surface area (Å²) in [6.45, 7) is 2.11. The van der Waals surface area contributed by atoms with Crippen molar-refractivity contribution in [1.82, 2.24) is 0 Å². The molecule has 0 amide bonds. The summed E-state index contributed by atoms with van der Waals surface area (Å²) in [5, 5.41) is 2.10. The zero-order chi connectivity index (χ0) is 16.2. The summed E-state index contributed by atoms with van der Waals surface area (Å²) in [6, 6.07) is 20.7. The standard InChI is InChI=1S/C19H16O3Se/c1-2-22-19(20)15-10-12-16(13-11-15)23(21)18-9-5-7-14-6-3-4-8-17(14)18/h3-13H,2H2,1H3. The monoisotopic (exact) mass is 372 g/mol. The van der Waals surface area contributed by atoms with Crippen LogP contribution in [0.3, 0.4) is 0 Å². The Kier molecular flexibility index (Phi) is 4.65. The van der Waals surface area contributed by atoms with Gasteiger partial charge in [0.1, 0.15) is 0 Å². The SMILES string of the molecule is CCOC(=O)c1ccc([Se](=O)c2cccc3ccccc23)cc1. The molecule has 1 atom stereocenters. The maximum atomic E-state index is 13.0. The molecule has 0 aliphatic heterocycles. The van der Waals surface area contributed by atoms with Crippen LogP contribution in [0, 0.1) is 0 Å². The summed E-state index contributed by atoms with van der Waals surface area (Å²) in [7, 11) is 0. The van der Waals surface area contributed by atoms with E-state index in [1.54, 1.807) is 31.2 Å². The first-order valence-corrected chi connectivity index (χ1v) is 9.78. The molecule has 0 aromatic heterocycles. The third-order valence-electron chi connectivity index (χ3n) is 3.53. The van der Waals surface area contributed by atoms with Crippen molar-refractivity contribution in [2.75, 3.05) is 6.61 Å². The van der Waals surface area contributed by atoms with E-state index in [2.05, 4.69) is 0 Å². The van der Waals surface area contributed by atoms with E-state index >= 15 is 0 Å². The van der Waals surface area contributed by atoms with Gasteiger partial charge in [-0.2, -0.15) is 0 Å². The van der Waals surface area contributed by atoms with Crippen LogP contribution >= 0.6 is 0 Å². The predicted molar refractivity (Wildman–Crippen MR) is 92.1 cm³/mol. The van der Waals surface area contributed by atoms with Gasteiger partial charge < -0.3 is 0 Å². The Labute approximate surface area is 139 Å². The Morgan fingerprint density at radius 1 is 0.957 bits per heavy atom. The molecule has 3 aromatic rings. The van der Waals surface area contributed by atoms with Gasteiger partial charge in [0, 0.05) is 0 Å². The minimum absolute atomic E-state index is 0.342. The molecule has 0 saturated carbocycles. The molecule has 23 heavy (non-hydrogen) atoms. The van der Waals surface area contributed by atoms with Gasteiger partial charge in [-0.15, -0.1) is 0 Å². The van der Waals surface area contributed by atoms with Gasteiger partial charge in [0.2, 0.25) is 0 Å². The Morgan fingerprint density at radius 3 is 2.39 bits per heavy atom. The molecule has 3 aromatic carbocycles. The Bertz CT molecular complexity index is 864. The van der Waals surface area contributed by atoms with Gasteiger partial charge in [-0.3, -0.25) is 0 Å². The number of carbonyl (C=O) groups excluding carboxylic acids is 1. The van der Waals surface area contributed by atoms with Crippen LogP contribution in [-0.2, 0) is 8.57 Å². The van der Waals surface area contributed by atoms with E-state index in [9.17, 15) is 8.63 Å². The molecule has 0 saturated heterocycles. The molecular weight excluding hydrogens is 355 g/mol. The van der Waals surface area contributed by atoms with Crippen molar-refractivity contribution in [3.05, 3.63) is 72.3 Å². The van der Waals surface area contributed by atoms with Gasteiger partial charge in [0.05, 0.1) is 0 Å². The Morgan fingerprint density at radius 2 is 1.65 bits per heavy atom. The molecule has 4 heteroatoms. The maximum absolute atomic E-state index is 13.0. The van der Waals surface area contributed by atoms with Crippen molar-refractivity contribution in [1.29, 1.82) is 0 Å². The van der Waals surface area contributed by atoms with E-state index in [1.165, 1.54) is 0 Å². The summed E-state index contributed by atoms with van der Waals surface area (Å²) in [4.78, 5) is 11.7. The molecule has 0 spiro atoms. The van der Waals surface area contributed by atoms with Crippen LogP contribution in [0.4, 0.5) is 0 Å². The first-order valence-electron chi connectivity index (χ1n) is 7.37. The normalized spacial score (nSPS) is 12.0. The molecule has 0 aliphatic carbocycles. The van der Waals surface area contributed by atoms with E-state index in [0.717, 1.165) is 19.7 Å². The minimum atomic E-state index is -2.38. The number of carbonyl (C=O) groups is 1. The van der Waals surface area contributed by atoms with E-state index < -0.39 is 13.8 Å². The average molecular weight is 371 g/mol. The second-order valence-electron chi connectivity index (χ2n) is 4.99. The fourth-order valence-electron chi connectivity index (χ4n) is 2.41. The van der Waals surface area contributed by atoms with Gasteiger partial charge in [-0.05, 0) is 0 Å². The van der Waals surface area contributed by atoms with Gasteiger partial charge >= 0.3 is 139 Å². The Hall–Kier alpha value is -2.29. The molecule has 3 rings (SSSR count). The van der Waals surface area contributed by atoms with Gasteiger partial charge in [0.25, 0.3) is 0 Å². The second-order valence-corrected chi connectivity index (χ2v) is 8.03. The van der Waals surface area contributed by atoms with Crippen LogP contribution in [0.5, 0.6) is 0 Å². The number of fused-ring (bicyclic) bond motifs is 1. The Balaban J connectivity index is 1.95. The third-order valence-corrected chi connectivity index (χ3v) is 6.58. The number of rotatable bonds is 4. The summed E-state index contributed by atoms with van der Waals surface area (Å²) in [5.41, 5.74) is 0.479.